The molecule has 0 aliphatic heterocycles. The van der Waals surface area contributed by atoms with Crippen LogP contribution in [0.4, 0.5) is 0 Å². The number of fused-ring (bicyclic) bond motifs is 1. The van der Waals surface area contributed by atoms with Crippen molar-refractivity contribution in [3.05, 3.63) is 77.1 Å². The van der Waals surface area contributed by atoms with Crippen LogP contribution in [0.2, 0.25) is 0 Å². The van der Waals surface area contributed by atoms with Crippen molar-refractivity contribution < 1.29 is 9.53 Å². The van der Waals surface area contributed by atoms with Crippen LogP contribution in [0.5, 0.6) is 5.75 Å². The van der Waals surface area contributed by atoms with Gasteiger partial charge in [0, 0.05) is 24.5 Å². The number of aromatic nitrogens is 1. The maximum atomic E-state index is 12.5. The summed E-state index contributed by atoms with van der Waals surface area (Å²) in [4.78, 5) is 16.7. The fourth-order valence-corrected chi connectivity index (χ4v) is 4.32. The summed E-state index contributed by atoms with van der Waals surface area (Å²) in [6.07, 6.45) is 15.7. The second-order valence-corrected chi connectivity index (χ2v) is 8.63. The van der Waals surface area contributed by atoms with Gasteiger partial charge in [0.2, 0.25) is 5.91 Å². The van der Waals surface area contributed by atoms with Crippen molar-refractivity contribution >= 4 is 11.5 Å². The van der Waals surface area contributed by atoms with Gasteiger partial charge in [0.15, 0.2) is 0 Å². The van der Waals surface area contributed by atoms with Crippen molar-refractivity contribution in [1.29, 1.82) is 0 Å². The van der Waals surface area contributed by atoms with Crippen molar-refractivity contribution in [2.24, 2.45) is 0 Å². The molecule has 0 bridgehead atoms. The number of nitrogens with zero attached hydrogens (tertiary/aromatic N) is 1. The molecule has 1 unspecified atom stereocenters. The summed E-state index contributed by atoms with van der Waals surface area (Å²) in [6.45, 7) is 4.29. The van der Waals surface area contributed by atoms with E-state index in [-0.39, 0.29) is 11.9 Å². The van der Waals surface area contributed by atoms with Gasteiger partial charge in [0.25, 0.3) is 0 Å². The lowest BCUT2D eigenvalue weighted by molar-refractivity contribution is -0.117. The molecule has 0 radical (unpaired) electrons. The number of carbonyl (C=O) groups is 1. The summed E-state index contributed by atoms with van der Waals surface area (Å²) >= 11 is 0. The van der Waals surface area contributed by atoms with E-state index in [1.807, 2.05) is 24.4 Å². The van der Waals surface area contributed by atoms with E-state index in [1.165, 1.54) is 27.8 Å². The van der Waals surface area contributed by atoms with Gasteiger partial charge in [-0.25, -0.2) is 0 Å². The van der Waals surface area contributed by atoms with Crippen LogP contribution in [0.25, 0.3) is 5.57 Å². The monoisotopic (exact) mass is 432 g/mol. The van der Waals surface area contributed by atoms with Crippen molar-refractivity contribution in [3.63, 3.8) is 0 Å². The molecule has 1 atom stereocenters. The predicted octanol–water partition coefficient (Wildman–Crippen LogP) is 6.06. The van der Waals surface area contributed by atoms with Crippen molar-refractivity contribution in [2.45, 2.75) is 71.3 Å². The molecule has 1 amide bonds. The lowest BCUT2D eigenvalue weighted by Gasteiger charge is -2.23. The molecule has 1 aliphatic carbocycles. The van der Waals surface area contributed by atoms with Gasteiger partial charge in [-0.15, -0.1) is 0 Å². The molecule has 32 heavy (non-hydrogen) atoms. The van der Waals surface area contributed by atoms with E-state index < -0.39 is 0 Å². The number of nitrogens with one attached hydrogen (secondary N) is 1. The highest BCUT2D eigenvalue weighted by Crippen LogP contribution is 2.36. The number of hydrogen-bond acceptors (Lipinski definition) is 3. The zero-order valence-electron chi connectivity index (χ0n) is 19.7. The smallest absolute Gasteiger partial charge is 0.244 e. The average molecular weight is 433 g/mol. The Balaban J connectivity index is 1.60. The van der Waals surface area contributed by atoms with Crippen LogP contribution in [0.15, 0.2) is 60.5 Å². The highest BCUT2D eigenvalue weighted by atomic mass is 16.5. The molecule has 0 saturated carbocycles. The van der Waals surface area contributed by atoms with Crippen LogP contribution >= 0.6 is 0 Å². The Hall–Kier alpha value is -2.88. The maximum Gasteiger partial charge on any atom is 0.244 e. The molecule has 1 heterocycles. The van der Waals surface area contributed by atoms with E-state index in [9.17, 15) is 4.79 Å². The molecule has 170 valence electrons. The second-order valence-electron chi connectivity index (χ2n) is 8.63. The summed E-state index contributed by atoms with van der Waals surface area (Å²) in [6, 6.07) is 10.6. The molecule has 2 aromatic rings. The first kappa shape index (κ1) is 23.8. The minimum Gasteiger partial charge on any atom is -0.497 e. The molecule has 1 aromatic heterocycles. The molecule has 1 aliphatic rings. The minimum atomic E-state index is -0.0123. The fourth-order valence-electron chi connectivity index (χ4n) is 4.32. The van der Waals surface area contributed by atoms with Crippen molar-refractivity contribution in [1.82, 2.24) is 10.3 Å². The zero-order chi connectivity index (χ0) is 22.8. The Morgan fingerprint density at radius 1 is 1.22 bits per heavy atom. The van der Waals surface area contributed by atoms with Gasteiger partial charge in [-0.3, -0.25) is 9.78 Å². The first-order chi connectivity index (χ1) is 15.6. The van der Waals surface area contributed by atoms with Gasteiger partial charge < -0.3 is 10.1 Å². The maximum absolute atomic E-state index is 12.5. The third-order valence-electron chi connectivity index (χ3n) is 6.12. The lowest BCUT2D eigenvalue weighted by Crippen LogP contribution is -2.31. The Kier molecular flexibility index (Phi) is 9.09. The number of unbranched alkanes of at least 4 members (excludes halogenated alkanes) is 1. The number of pyridine rings is 1. The van der Waals surface area contributed by atoms with Gasteiger partial charge >= 0.3 is 0 Å². The summed E-state index contributed by atoms with van der Waals surface area (Å²) in [5.41, 5.74) is 6.57. The molecule has 1 N–H and O–H groups in total. The van der Waals surface area contributed by atoms with Crippen LogP contribution < -0.4 is 10.1 Å². The standard InChI is InChI=1S/C28H36N2O2/c1-4-5-11-26-23(12-13-24-19-25(32-3)15-16-27(24)26)14-17-28(31)30-21(2)8-6-9-22-10-7-18-29-20-22/h7,10,14-21H,4-6,8-9,11-13H2,1-3H3,(H,30,31)/b17-14+. The van der Waals surface area contributed by atoms with Gasteiger partial charge in [0.1, 0.15) is 5.75 Å². The molecular weight excluding hydrogens is 396 g/mol. The molecule has 0 saturated heterocycles. The summed E-state index contributed by atoms with van der Waals surface area (Å²) < 4.78 is 5.41. The topological polar surface area (TPSA) is 51.2 Å². The summed E-state index contributed by atoms with van der Waals surface area (Å²) in [5, 5.41) is 3.12. The third kappa shape index (κ3) is 6.81. The summed E-state index contributed by atoms with van der Waals surface area (Å²) in [7, 11) is 1.71. The Morgan fingerprint density at radius 3 is 2.84 bits per heavy atom. The van der Waals surface area contributed by atoms with Crippen LogP contribution in [0.1, 0.15) is 69.1 Å². The van der Waals surface area contributed by atoms with Crippen LogP contribution in [0, 0.1) is 0 Å². The van der Waals surface area contributed by atoms with Crippen LogP contribution in [0.3, 0.4) is 0 Å². The Bertz CT molecular complexity index is 947. The Labute approximate surface area is 192 Å². The number of aryl methyl sites for hydroxylation is 2. The number of methoxy groups -OCH3 is 1. The minimum absolute atomic E-state index is 0.0123. The second kappa shape index (κ2) is 12.2. The number of hydrogen-bond donors (Lipinski definition) is 1. The molecule has 4 heteroatoms. The van der Waals surface area contributed by atoms with E-state index >= 15 is 0 Å². The molecule has 4 nitrogen and oxygen atoms in total. The zero-order valence-corrected chi connectivity index (χ0v) is 19.7. The molecule has 1 aromatic carbocycles. The number of carbonyl (C=O) groups excluding carboxylic acids is 1. The van der Waals surface area contributed by atoms with Gasteiger partial charge in [-0.2, -0.15) is 0 Å². The first-order valence-electron chi connectivity index (χ1n) is 11.9. The quantitative estimate of drug-likeness (QED) is 0.439. The van der Waals surface area contributed by atoms with E-state index in [1.54, 1.807) is 19.4 Å². The van der Waals surface area contributed by atoms with Gasteiger partial charge in [0.05, 0.1) is 7.11 Å². The van der Waals surface area contributed by atoms with E-state index in [0.717, 1.165) is 57.1 Å². The summed E-state index contributed by atoms with van der Waals surface area (Å²) in [5.74, 6) is 0.899. The SMILES string of the molecule is CCCCC1=C(/C=C/C(=O)NC(C)CCCc2cccnc2)CCc2cc(OC)ccc21. The number of ether oxygens (including phenoxy) is 1. The largest absolute Gasteiger partial charge is 0.497 e. The first-order valence-corrected chi connectivity index (χ1v) is 11.9. The lowest BCUT2D eigenvalue weighted by atomic mass is 9.83. The van der Waals surface area contributed by atoms with E-state index in [4.69, 9.17) is 4.74 Å². The number of amides is 1. The number of allylic oxidation sites excluding steroid dienone is 3. The highest BCUT2D eigenvalue weighted by Gasteiger charge is 2.18. The Morgan fingerprint density at radius 2 is 2.09 bits per heavy atom. The fraction of sp³-hybridized carbons (Fsp3) is 0.429. The van der Waals surface area contributed by atoms with E-state index in [2.05, 4.69) is 42.3 Å². The van der Waals surface area contributed by atoms with Gasteiger partial charge in [-0.1, -0.05) is 31.6 Å². The number of rotatable bonds is 11. The molecular formula is C28H36N2O2. The van der Waals surface area contributed by atoms with Crippen molar-refractivity contribution in [2.75, 3.05) is 7.11 Å². The third-order valence-corrected chi connectivity index (χ3v) is 6.12. The molecule has 3 rings (SSSR count). The van der Waals surface area contributed by atoms with Crippen LogP contribution in [-0.2, 0) is 17.6 Å². The van der Waals surface area contributed by atoms with Crippen molar-refractivity contribution in [3.8, 4) is 5.75 Å². The molecule has 0 fully saturated rings. The van der Waals surface area contributed by atoms with Gasteiger partial charge in [-0.05, 0) is 97.9 Å². The average Bonchev–Trinajstić information content (AvgIpc) is 2.81. The number of benzene rings is 1. The van der Waals surface area contributed by atoms with Crippen LogP contribution in [-0.4, -0.2) is 24.0 Å². The van der Waals surface area contributed by atoms with E-state index in [0.29, 0.717) is 0 Å². The molecule has 0 spiro atoms. The highest BCUT2D eigenvalue weighted by molar-refractivity contribution is 5.89. The predicted molar refractivity (Wildman–Crippen MR) is 132 cm³/mol. The normalized spacial score (nSPS) is 14.3.